The molecule has 1 aliphatic carbocycles. The minimum absolute atomic E-state index is 0.0141. The van der Waals surface area contributed by atoms with E-state index in [0.29, 0.717) is 12.4 Å². The van der Waals surface area contributed by atoms with Crippen LogP contribution in [0.15, 0.2) is 12.1 Å². The Bertz CT molecular complexity index is 432. The largest absolute Gasteiger partial charge is 0.465 e. The van der Waals surface area contributed by atoms with Crippen LogP contribution in [-0.4, -0.2) is 17.6 Å². The molecular weight excluding hydrogens is 228 g/mol. The van der Waals surface area contributed by atoms with E-state index >= 15 is 0 Å². The van der Waals surface area contributed by atoms with Crippen molar-refractivity contribution in [2.75, 3.05) is 12.3 Å². The molecule has 1 atom stereocenters. The van der Waals surface area contributed by atoms with E-state index in [4.69, 9.17) is 10.5 Å². The molecule has 1 unspecified atom stereocenters. The standard InChI is InChI=1S/C14H20N2O2/c1-2-3-8-18-14(17)11-4-6-12-10(9-11)5-7-13(15)16-12/h5,7,11H,2-4,6,8-9H2,1H3,(H2,15,16). The van der Waals surface area contributed by atoms with Gasteiger partial charge < -0.3 is 10.5 Å². The lowest BCUT2D eigenvalue weighted by Crippen LogP contribution is -2.25. The molecule has 4 nitrogen and oxygen atoms in total. The van der Waals surface area contributed by atoms with Crippen molar-refractivity contribution >= 4 is 11.8 Å². The van der Waals surface area contributed by atoms with Crippen LogP contribution in [0.4, 0.5) is 5.82 Å². The van der Waals surface area contributed by atoms with Crippen molar-refractivity contribution in [1.82, 2.24) is 4.98 Å². The van der Waals surface area contributed by atoms with Crippen molar-refractivity contribution in [3.63, 3.8) is 0 Å². The quantitative estimate of drug-likeness (QED) is 0.654. The summed E-state index contributed by atoms with van der Waals surface area (Å²) in [7, 11) is 0. The van der Waals surface area contributed by atoms with E-state index in [9.17, 15) is 4.79 Å². The van der Waals surface area contributed by atoms with Crippen LogP contribution in [0.2, 0.25) is 0 Å². The van der Waals surface area contributed by atoms with Crippen LogP contribution in [0, 0.1) is 5.92 Å². The van der Waals surface area contributed by atoms with Crippen LogP contribution < -0.4 is 5.73 Å². The number of nitrogens with two attached hydrogens (primary N) is 1. The summed E-state index contributed by atoms with van der Waals surface area (Å²) >= 11 is 0. The second-order valence-electron chi connectivity index (χ2n) is 4.80. The topological polar surface area (TPSA) is 65.2 Å². The van der Waals surface area contributed by atoms with Gasteiger partial charge in [0.05, 0.1) is 12.5 Å². The van der Waals surface area contributed by atoms with Gasteiger partial charge in [0.1, 0.15) is 5.82 Å². The van der Waals surface area contributed by atoms with Crippen LogP contribution in [0.1, 0.15) is 37.4 Å². The SMILES string of the molecule is CCCCOC(=O)C1CCc2nc(N)ccc2C1. The van der Waals surface area contributed by atoms with Gasteiger partial charge in [-0.15, -0.1) is 0 Å². The summed E-state index contributed by atoms with van der Waals surface area (Å²) in [5.41, 5.74) is 7.82. The number of hydrogen-bond acceptors (Lipinski definition) is 4. The highest BCUT2D eigenvalue weighted by molar-refractivity contribution is 5.73. The lowest BCUT2D eigenvalue weighted by atomic mass is 9.86. The number of aryl methyl sites for hydroxylation is 1. The number of rotatable bonds is 4. The zero-order valence-electron chi connectivity index (χ0n) is 10.8. The molecule has 1 aliphatic rings. The van der Waals surface area contributed by atoms with Crippen LogP contribution >= 0.6 is 0 Å². The number of fused-ring (bicyclic) bond motifs is 1. The lowest BCUT2D eigenvalue weighted by Gasteiger charge is -2.22. The van der Waals surface area contributed by atoms with Gasteiger partial charge in [-0.1, -0.05) is 19.4 Å². The second-order valence-corrected chi connectivity index (χ2v) is 4.80. The predicted octanol–water partition coefficient (Wildman–Crippen LogP) is 2.11. The summed E-state index contributed by atoms with van der Waals surface area (Å²) in [6.45, 7) is 2.62. The molecule has 0 aromatic carbocycles. The van der Waals surface area contributed by atoms with Gasteiger partial charge in [0.25, 0.3) is 0 Å². The molecule has 98 valence electrons. The highest BCUT2D eigenvalue weighted by Crippen LogP contribution is 2.25. The van der Waals surface area contributed by atoms with E-state index < -0.39 is 0 Å². The number of aromatic nitrogens is 1. The fourth-order valence-electron chi connectivity index (χ4n) is 2.26. The molecule has 0 amide bonds. The first-order chi connectivity index (χ1) is 8.70. The minimum Gasteiger partial charge on any atom is -0.465 e. The average Bonchev–Trinajstić information content (AvgIpc) is 2.38. The van der Waals surface area contributed by atoms with Gasteiger partial charge >= 0.3 is 5.97 Å². The second kappa shape index (κ2) is 5.85. The summed E-state index contributed by atoms with van der Waals surface area (Å²) < 4.78 is 5.28. The molecule has 0 bridgehead atoms. The number of anilines is 1. The van der Waals surface area contributed by atoms with Crippen molar-refractivity contribution in [3.8, 4) is 0 Å². The number of ether oxygens (including phenoxy) is 1. The van der Waals surface area contributed by atoms with Gasteiger partial charge in [-0.05, 0) is 37.3 Å². The van der Waals surface area contributed by atoms with Crippen LogP contribution in [-0.2, 0) is 22.4 Å². The zero-order chi connectivity index (χ0) is 13.0. The maximum Gasteiger partial charge on any atom is 0.309 e. The summed E-state index contributed by atoms with van der Waals surface area (Å²) in [5, 5.41) is 0. The molecule has 0 aliphatic heterocycles. The minimum atomic E-state index is -0.0640. The third kappa shape index (κ3) is 3.00. The first-order valence-electron chi connectivity index (χ1n) is 6.61. The highest BCUT2D eigenvalue weighted by Gasteiger charge is 2.26. The molecule has 1 aromatic rings. The Labute approximate surface area is 108 Å². The maximum absolute atomic E-state index is 11.9. The van der Waals surface area contributed by atoms with Gasteiger partial charge in [-0.3, -0.25) is 4.79 Å². The molecular formula is C14H20N2O2. The number of nitrogens with zero attached hydrogens (tertiary/aromatic N) is 1. The number of carbonyl (C=O) groups excluding carboxylic acids is 1. The molecule has 4 heteroatoms. The molecule has 0 fully saturated rings. The monoisotopic (exact) mass is 248 g/mol. The summed E-state index contributed by atoms with van der Waals surface area (Å²) in [6, 6.07) is 3.77. The molecule has 0 radical (unpaired) electrons. The summed E-state index contributed by atoms with van der Waals surface area (Å²) in [4.78, 5) is 16.2. The van der Waals surface area contributed by atoms with Crippen molar-refractivity contribution in [3.05, 3.63) is 23.4 Å². The van der Waals surface area contributed by atoms with Crippen LogP contribution in [0.25, 0.3) is 0 Å². The number of pyridine rings is 1. The zero-order valence-corrected chi connectivity index (χ0v) is 10.8. The Morgan fingerprint density at radius 1 is 1.56 bits per heavy atom. The molecule has 2 rings (SSSR count). The molecule has 1 heterocycles. The first-order valence-corrected chi connectivity index (χ1v) is 6.61. The van der Waals surface area contributed by atoms with E-state index in [1.54, 1.807) is 6.07 Å². The maximum atomic E-state index is 11.9. The van der Waals surface area contributed by atoms with E-state index in [1.165, 1.54) is 0 Å². The Balaban J connectivity index is 1.95. The van der Waals surface area contributed by atoms with Crippen molar-refractivity contribution in [1.29, 1.82) is 0 Å². The molecule has 0 saturated heterocycles. The summed E-state index contributed by atoms with van der Waals surface area (Å²) in [6.07, 6.45) is 4.34. The Morgan fingerprint density at radius 2 is 2.39 bits per heavy atom. The van der Waals surface area contributed by atoms with Gasteiger partial charge in [0.15, 0.2) is 0 Å². The van der Waals surface area contributed by atoms with Crippen molar-refractivity contribution in [2.45, 2.75) is 39.0 Å². The van der Waals surface area contributed by atoms with E-state index in [0.717, 1.165) is 43.4 Å². The lowest BCUT2D eigenvalue weighted by molar-refractivity contribution is -0.149. The van der Waals surface area contributed by atoms with Gasteiger partial charge in [-0.2, -0.15) is 0 Å². The molecule has 1 aromatic heterocycles. The molecule has 2 N–H and O–H groups in total. The number of nitrogen functional groups attached to an aromatic ring is 1. The third-order valence-corrected chi connectivity index (χ3v) is 3.36. The van der Waals surface area contributed by atoms with E-state index in [-0.39, 0.29) is 11.9 Å². The summed E-state index contributed by atoms with van der Waals surface area (Å²) in [5.74, 6) is 0.475. The smallest absolute Gasteiger partial charge is 0.309 e. The van der Waals surface area contributed by atoms with Crippen molar-refractivity contribution in [2.24, 2.45) is 5.92 Å². The number of unbranched alkanes of at least 4 members (excludes halogenated alkanes) is 1. The van der Waals surface area contributed by atoms with Crippen LogP contribution in [0.5, 0.6) is 0 Å². The number of carbonyl (C=O) groups is 1. The molecule has 18 heavy (non-hydrogen) atoms. The number of hydrogen-bond donors (Lipinski definition) is 1. The van der Waals surface area contributed by atoms with Crippen molar-refractivity contribution < 1.29 is 9.53 Å². The fourth-order valence-corrected chi connectivity index (χ4v) is 2.26. The predicted molar refractivity (Wildman–Crippen MR) is 70.0 cm³/mol. The van der Waals surface area contributed by atoms with E-state index in [2.05, 4.69) is 11.9 Å². The average molecular weight is 248 g/mol. The first kappa shape index (κ1) is 12.9. The molecule has 0 saturated carbocycles. The highest BCUT2D eigenvalue weighted by atomic mass is 16.5. The Kier molecular flexibility index (Phi) is 4.18. The van der Waals surface area contributed by atoms with Gasteiger partial charge in [0, 0.05) is 5.69 Å². The van der Waals surface area contributed by atoms with Gasteiger partial charge in [0.2, 0.25) is 0 Å². The normalized spacial score (nSPS) is 18.2. The third-order valence-electron chi connectivity index (χ3n) is 3.36. The fraction of sp³-hybridized carbons (Fsp3) is 0.571. The van der Waals surface area contributed by atoms with Gasteiger partial charge in [-0.25, -0.2) is 4.98 Å². The van der Waals surface area contributed by atoms with Crippen LogP contribution in [0.3, 0.4) is 0 Å². The molecule has 0 spiro atoms. The number of esters is 1. The Hall–Kier alpha value is -1.58. The van der Waals surface area contributed by atoms with E-state index in [1.807, 2.05) is 6.07 Å². The Morgan fingerprint density at radius 3 is 3.17 bits per heavy atom.